The van der Waals surface area contributed by atoms with Gasteiger partial charge in [-0.05, 0) is 37.1 Å². The number of nitrogens with one attached hydrogen (secondary N) is 1. The Bertz CT molecular complexity index is 448. The van der Waals surface area contributed by atoms with Crippen LogP contribution in [-0.2, 0) is 17.9 Å². The highest BCUT2D eigenvalue weighted by atomic mass is 16.1. The average Bonchev–Trinajstić information content (AvgIpc) is 3.05. The zero-order chi connectivity index (χ0) is 15.1. The molecule has 1 aromatic carbocycles. The van der Waals surface area contributed by atoms with Crippen LogP contribution in [0.2, 0.25) is 0 Å². The van der Waals surface area contributed by atoms with Crippen molar-refractivity contribution in [1.29, 1.82) is 0 Å². The SMILES string of the molecule is CCN(CC)Cc1ccccc1CNC(=O)C1CCCC1. The molecule has 1 N–H and O–H groups in total. The largest absolute Gasteiger partial charge is 0.352 e. The van der Waals surface area contributed by atoms with E-state index >= 15 is 0 Å². The molecule has 21 heavy (non-hydrogen) atoms. The van der Waals surface area contributed by atoms with E-state index in [4.69, 9.17) is 0 Å². The third-order valence-electron chi connectivity index (χ3n) is 4.59. The second-order valence-electron chi connectivity index (χ2n) is 5.93. The van der Waals surface area contributed by atoms with E-state index in [1.54, 1.807) is 0 Å². The first-order valence-corrected chi connectivity index (χ1v) is 8.31. The van der Waals surface area contributed by atoms with Crippen LogP contribution in [0.5, 0.6) is 0 Å². The molecular formula is C18H28N2O. The van der Waals surface area contributed by atoms with Crippen LogP contribution in [0.1, 0.15) is 50.7 Å². The first-order valence-electron chi connectivity index (χ1n) is 8.31. The lowest BCUT2D eigenvalue weighted by Crippen LogP contribution is -2.29. The molecule has 0 bridgehead atoms. The van der Waals surface area contributed by atoms with E-state index in [0.717, 1.165) is 32.5 Å². The maximum absolute atomic E-state index is 12.1. The molecule has 116 valence electrons. The van der Waals surface area contributed by atoms with E-state index in [9.17, 15) is 4.79 Å². The van der Waals surface area contributed by atoms with Crippen LogP contribution >= 0.6 is 0 Å². The normalized spacial score (nSPS) is 15.6. The minimum absolute atomic E-state index is 0.241. The molecule has 3 nitrogen and oxygen atoms in total. The molecule has 1 amide bonds. The fourth-order valence-corrected chi connectivity index (χ4v) is 3.09. The van der Waals surface area contributed by atoms with Crippen LogP contribution in [0.3, 0.4) is 0 Å². The Morgan fingerprint density at radius 1 is 1.14 bits per heavy atom. The highest BCUT2D eigenvalue weighted by Gasteiger charge is 2.22. The minimum Gasteiger partial charge on any atom is -0.352 e. The van der Waals surface area contributed by atoms with Gasteiger partial charge in [0.1, 0.15) is 0 Å². The Morgan fingerprint density at radius 3 is 2.38 bits per heavy atom. The molecule has 1 aliphatic carbocycles. The van der Waals surface area contributed by atoms with E-state index in [-0.39, 0.29) is 11.8 Å². The predicted molar refractivity (Wildman–Crippen MR) is 86.9 cm³/mol. The zero-order valence-corrected chi connectivity index (χ0v) is 13.4. The van der Waals surface area contributed by atoms with Gasteiger partial charge in [0, 0.05) is 19.0 Å². The number of hydrogen-bond acceptors (Lipinski definition) is 2. The summed E-state index contributed by atoms with van der Waals surface area (Å²) < 4.78 is 0. The molecule has 1 aliphatic rings. The summed E-state index contributed by atoms with van der Waals surface area (Å²) in [7, 11) is 0. The molecule has 0 radical (unpaired) electrons. The van der Waals surface area contributed by atoms with Gasteiger partial charge in [-0.2, -0.15) is 0 Å². The summed E-state index contributed by atoms with van der Waals surface area (Å²) in [6, 6.07) is 8.45. The van der Waals surface area contributed by atoms with Crippen molar-refractivity contribution in [3.8, 4) is 0 Å². The lowest BCUT2D eigenvalue weighted by Gasteiger charge is -2.20. The first kappa shape index (κ1) is 16.0. The van der Waals surface area contributed by atoms with Gasteiger partial charge in [-0.25, -0.2) is 0 Å². The fraction of sp³-hybridized carbons (Fsp3) is 0.611. The Hall–Kier alpha value is -1.35. The highest BCUT2D eigenvalue weighted by Crippen LogP contribution is 2.24. The van der Waals surface area contributed by atoms with E-state index in [1.807, 2.05) is 0 Å². The van der Waals surface area contributed by atoms with Crippen molar-refractivity contribution < 1.29 is 4.79 Å². The number of carbonyl (C=O) groups is 1. The van der Waals surface area contributed by atoms with Crippen LogP contribution in [-0.4, -0.2) is 23.9 Å². The van der Waals surface area contributed by atoms with Crippen LogP contribution < -0.4 is 5.32 Å². The van der Waals surface area contributed by atoms with Crippen LogP contribution in [0.15, 0.2) is 24.3 Å². The van der Waals surface area contributed by atoms with Crippen molar-refractivity contribution >= 4 is 5.91 Å². The summed E-state index contributed by atoms with van der Waals surface area (Å²) in [6.45, 7) is 8.11. The van der Waals surface area contributed by atoms with Gasteiger partial charge < -0.3 is 5.32 Å². The number of hydrogen-bond donors (Lipinski definition) is 1. The molecule has 0 spiro atoms. The van der Waals surface area contributed by atoms with Gasteiger partial charge in [0.2, 0.25) is 5.91 Å². The monoisotopic (exact) mass is 288 g/mol. The molecule has 1 fully saturated rings. The topological polar surface area (TPSA) is 32.3 Å². The van der Waals surface area contributed by atoms with Crippen molar-refractivity contribution in [3.05, 3.63) is 35.4 Å². The highest BCUT2D eigenvalue weighted by molar-refractivity contribution is 5.78. The Kier molecular flexibility index (Phi) is 6.24. The maximum atomic E-state index is 12.1. The molecule has 1 saturated carbocycles. The van der Waals surface area contributed by atoms with E-state index in [0.29, 0.717) is 6.54 Å². The number of amides is 1. The van der Waals surface area contributed by atoms with Gasteiger partial charge in [-0.15, -0.1) is 0 Å². The molecule has 3 heteroatoms. The van der Waals surface area contributed by atoms with Crippen molar-refractivity contribution in [2.75, 3.05) is 13.1 Å². The van der Waals surface area contributed by atoms with Gasteiger partial charge >= 0.3 is 0 Å². The van der Waals surface area contributed by atoms with E-state index < -0.39 is 0 Å². The summed E-state index contributed by atoms with van der Waals surface area (Å²) in [4.78, 5) is 14.5. The molecule has 0 aliphatic heterocycles. The van der Waals surface area contributed by atoms with Gasteiger partial charge in [0.25, 0.3) is 0 Å². The van der Waals surface area contributed by atoms with E-state index in [2.05, 4.69) is 48.3 Å². The smallest absolute Gasteiger partial charge is 0.223 e. The number of carbonyl (C=O) groups excluding carboxylic acids is 1. The standard InChI is InChI=1S/C18H28N2O/c1-3-20(4-2)14-17-12-8-7-11-16(17)13-19-18(21)15-9-5-6-10-15/h7-8,11-12,15H,3-6,9-10,13-14H2,1-2H3,(H,19,21). The lowest BCUT2D eigenvalue weighted by molar-refractivity contribution is -0.124. The number of nitrogens with zero attached hydrogens (tertiary/aromatic N) is 1. The molecule has 1 aromatic rings. The van der Waals surface area contributed by atoms with Gasteiger partial charge in [-0.1, -0.05) is 51.0 Å². The van der Waals surface area contributed by atoms with Crippen LogP contribution in [0.25, 0.3) is 0 Å². The van der Waals surface area contributed by atoms with Crippen molar-refractivity contribution in [2.45, 2.75) is 52.6 Å². The summed E-state index contributed by atoms with van der Waals surface area (Å²) in [5, 5.41) is 3.13. The Morgan fingerprint density at radius 2 is 1.76 bits per heavy atom. The second-order valence-corrected chi connectivity index (χ2v) is 5.93. The number of rotatable bonds is 7. The lowest BCUT2D eigenvalue weighted by atomic mass is 10.1. The van der Waals surface area contributed by atoms with E-state index in [1.165, 1.54) is 24.0 Å². The molecule has 0 heterocycles. The van der Waals surface area contributed by atoms with Crippen LogP contribution in [0.4, 0.5) is 0 Å². The van der Waals surface area contributed by atoms with Gasteiger partial charge in [-0.3, -0.25) is 9.69 Å². The fourth-order valence-electron chi connectivity index (χ4n) is 3.09. The predicted octanol–water partition coefficient (Wildman–Crippen LogP) is 3.33. The molecule has 0 aromatic heterocycles. The summed E-state index contributed by atoms with van der Waals surface area (Å²) in [5.74, 6) is 0.491. The van der Waals surface area contributed by atoms with Crippen LogP contribution in [0, 0.1) is 5.92 Å². The molecule has 0 unspecified atom stereocenters. The minimum atomic E-state index is 0.241. The van der Waals surface area contributed by atoms with Gasteiger partial charge in [0.15, 0.2) is 0 Å². The molecular weight excluding hydrogens is 260 g/mol. The first-order chi connectivity index (χ1) is 10.2. The Balaban J connectivity index is 1.94. The average molecular weight is 288 g/mol. The molecule has 0 atom stereocenters. The van der Waals surface area contributed by atoms with Gasteiger partial charge in [0.05, 0.1) is 0 Å². The molecule has 0 saturated heterocycles. The third kappa shape index (κ3) is 4.57. The second kappa shape index (κ2) is 8.18. The summed E-state index contributed by atoms with van der Waals surface area (Å²) >= 11 is 0. The summed E-state index contributed by atoms with van der Waals surface area (Å²) in [5.41, 5.74) is 2.57. The van der Waals surface area contributed by atoms with Crippen molar-refractivity contribution in [1.82, 2.24) is 10.2 Å². The van der Waals surface area contributed by atoms with Crippen molar-refractivity contribution in [3.63, 3.8) is 0 Å². The molecule has 2 rings (SSSR count). The summed E-state index contributed by atoms with van der Waals surface area (Å²) in [6.07, 6.45) is 4.53. The third-order valence-corrected chi connectivity index (χ3v) is 4.59. The quantitative estimate of drug-likeness (QED) is 0.834. The Labute approximate surface area is 128 Å². The zero-order valence-electron chi connectivity index (χ0n) is 13.4. The number of benzene rings is 1. The van der Waals surface area contributed by atoms with Crippen molar-refractivity contribution in [2.24, 2.45) is 5.92 Å². The maximum Gasteiger partial charge on any atom is 0.223 e.